The third-order valence-electron chi connectivity index (χ3n) is 3.26. The van der Waals surface area contributed by atoms with Gasteiger partial charge in [0.2, 0.25) is 5.95 Å². The zero-order valence-corrected chi connectivity index (χ0v) is 9.85. The van der Waals surface area contributed by atoms with E-state index in [2.05, 4.69) is 34.1 Å². The third-order valence-corrected chi connectivity index (χ3v) is 3.26. The van der Waals surface area contributed by atoms with Crippen molar-refractivity contribution in [3.63, 3.8) is 0 Å². The molecular weight excluding hydrogens is 202 g/mol. The largest absolute Gasteiger partial charge is 0.356 e. The van der Waals surface area contributed by atoms with E-state index in [1.807, 2.05) is 6.07 Å². The molecule has 2 rings (SSSR count). The number of anilines is 2. The van der Waals surface area contributed by atoms with Gasteiger partial charge in [-0.15, -0.1) is 0 Å². The third kappa shape index (κ3) is 2.24. The molecule has 1 atom stereocenters. The first-order valence-corrected chi connectivity index (χ1v) is 5.75. The Hall–Kier alpha value is -1.36. The van der Waals surface area contributed by atoms with Crippen LogP contribution in [0.15, 0.2) is 12.3 Å². The number of nitrogen functional groups attached to an aromatic ring is 1. The summed E-state index contributed by atoms with van der Waals surface area (Å²) in [4.78, 5) is 10.7. The molecule has 16 heavy (non-hydrogen) atoms. The maximum absolute atomic E-state index is 5.30. The molecule has 1 fully saturated rings. The monoisotopic (exact) mass is 221 g/mol. The molecule has 1 aromatic rings. The Kier molecular flexibility index (Phi) is 3.24. The van der Waals surface area contributed by atoms with Crippen LogP contribution in [0.2, 0.25) is 0 Å². The van der Waals surface area contributed by atoms with Crippen molar-refractivity contribution >= 4 is 11.8 Å². The number of nitrogens with zero attached hydrogens (tertiary/aromatic N) is 3. The lowest BCUT2D eigenvalue weighted by Gasteiger charge is -2.19. The normalized spacial score (nSPS) is 20.5. The molecule has 1 aromatic heterocycles. The van der Waals surface area contributed by atoms with E-state index < -0.39 is 0 Å². The van der Waals surface area contributed by atoms with E-state index in [4.69, 9.17) is 5.84 Å². The van der Waals surface area contributed by atoms with Gasteiger partial charge in [0.25, 0.3) is 0 Å². The molecule has 0 radical (unpaired) electrons. The SMILES string of the molecule is CC(C)C1CCN(c2ccnc(NN)n2)C1. The van der Waals surface area contributed by atoms with Crippen LogP contribution in [0.25, 0.3) is 0 Å². The van der Waals surface area contributed by atoms with E-state index in [0.717, 1.165) is 30.7 Å². The molecular formula is C11H19N5. The van der Waals surface area contributed by atoms with E-state index in [0.29, 0.717) is 5.95 Å². The fraction of sp³-hybridized carbons (Fsp3) is 0.636. The number of hydrogen-bond acceptors (Lipinski definition) is 5. The van der Waals surface area contributed by atoms with Gasteiger partial charge in [-0.3, -0.25) is 5.43 Å². The highest BCUT2D eigenvalue weighted by Crippen LogP contribution is 2.27. The first-order valence-electron chi connectivity index (χ1n) is 5.75. The highest BCUT2D eigenvalue weighted by Gasteiger charge is 2.25. The molecule has 0 aliphatic carbocycles. The number of hydrogen-bond donors (Lipinski definition) is 2. The number of aromatic nitrogens is 2. The molecule has 2 heterocycles. The summed E-state index contributed by atoms with van der Waals surface area (Å²) < 4.78 is 0. The smallest absolute Gasteiger partial charge is 0.239 e. The molecule has 88 valence electrons. The lowest BCUT2D eigenvalue weighted by molar-refractivity contribution is 0.422. The average molecular weight is 221 g/mol. The highest BCUT2D eigenvalue weighted by molar-refractivity contribution is 5.43. The summed E-state index contributed by atoms with van der Waals surface area (Å²) in [6.07, 6.45) is 2.98. The van der Waals surface area contributed by atoms with E-state index >= 15 is 0 Å². The summed E-state index contributed by atoms with van der Waals surface area (Å²) in [5.41, 5.74) is 2.48. The van der Waals surface area contributed by atoms with Crippen LogP contribution >= 0.6 is 0 Å². The van der Waals surface area contributed by atoms with Crippen molar-refractivity contribution in [1.29, 1.82) is 0 Å². The van der Waals surface area contributed by atoms with Crippen molar-refractivity contribution in [1.82, 2.24) is 9.97 Å². The Morgan fingerprint density at radius 2 is 2.38 bits per heavy atom. The fourth-order valence-corrected chi connectivity index (χ4v) is 2.13. The van der Waals surface area contributed by atoms with Crippen molar-refractivity contribution < 1.29 is 0 Å². The lowest BCUT2D eigenvalue weighted by atomic mass is 9.95. The van der Waals surface area contributed by atoms with E-state index in [1.54, 1.807) is 6.20 Å². The number of nitrogens with two attached hydrogens (primary N) is 1. The van der Waals surface area contributed by atoms with Crippen LogP contribution in [-0.2, 0) is 0 Å². The number of rotatable bonds is 3. The van der Waals surface area contributed by atoms with Crippen molar-refractivity contribution in [3.8, 4) is 0 Å². The molecule has 1 aliphatic rings. The summed E-state index contributed by atoms with van der Waals surface area (Å²) >= 11 is 0. The van der Waals surface area contributed by atoms with E-state index in [9.17, 15) is 0 Å². The second-order valence-electron chi connectivity index (χ2n) is 4.62. The van der Waals surface area contributed by atoms with Crippen LogP contribution < -0.4 is 16.2 Å². The predicted octanol–water partition coefficient (Wildman–Crippen LogP) is 1.24. The Bertz CT molecular complexity index is 352. The van der Waals surface area contributed by atoms with Gasteiger partial charge in [-0.2, -0.15) is 4.98 Å². The Morgan fingerprint density at radius 3 is 3.00 bits per heavy atom. The van der Waals surface area contributed by atoms with Gasteiger partial charge >= 0.3 is 0 Å². The van der Waals surface area contributed by atoms with Crippen LogP contribution in [0.1, 0.15) is 20.3 Å². The fourth-order valence-electron chi connectivity index (χ4n) is 2.13. The van der Waals surface area contributed by atoms with Crippen LogP contribution in [0, 0.1) is 11.8 Å². The van der Waals surface area contributed by atoms with Crippen LogP contribution in [-0.4, -0.2) is 23.1 Å². The van der Waals surface area contributed by atoms with E-state index in [-0.39, 0.29) is 0 Å². The lowest BCUT2D eigenvalue weighted by Crippen LogP contribution is -2.23. The molecule has 5 nitrogen and oxygen atoms in total. The van der Waals surface area contributed by atoms with Gasteiger partial charge in [-0.1, -0.05) is 13.8 Å². The molecule has 0 aromatic carbocycles. The van der Waals surface area contributed by atoms with Crippen molar-refractivity contribution in [3.05, 3.63) is 12.3 Å². The second kappa shape index (κ2) is 4.65. The quantitative estimate of drug-likeness (QED) is 0.594. The summed E-state index contributed by atoms with van der Waals surface area (Å²) in [6.45, 7) is 6.71. The molecule has 3 N–H and O–H groups in total. The summed E-state index contributed by atoms with van der Waals surface area (Å²) in [6, 6.07) is 1.93. The Balaban J connectivity index is 2.08. The molecule has 0 amide bonds. The van der Waals surface area contributed by atoms with Gasteiger partial charge in [0.15, 0.2) is 0 Å². The Labute approximate surface area is 96.0 Å². The van der Waals surface area contributed by atoms with Crippen molar-refractivity contribution in [2.24, 2.45) is 17.7 Å². The minimum atomic E-state index is 0.477. The van der Waals surface area contributed by atoms with Crippen LogP contribution in [0.5, 0.6) is 0 Å². The molecule has 1 saturated heterocycles. The topological polar surface area (TPSA) is 67.1 Å². The van der Waals surface area contributed by atoms with Gasteiger partial charge in [0, 0.05) is 19.3 Å². The minimum absolute atomic E-state index is 0.477. The minimum Gasteiger partial charge on any atom is -0.356 e. The van der Waals surface area contributed by atoms with Gasteiger partial charge < -0.3 is 4.90 Å². The molecule has 0 saturated carbocycles. The maximum Gasteiger partial charge on any atom is 0.239 e. The van der Waals surface area contributed by atoms with E-state index in [1.165, 1.54) is 6.42 Å². The van der Waals surface area contributed by atoms with Gasteiger partial charge in [0.1, 0.15) is 5.82 Å². The molecule has 5 heteroatoms. The first kappa shape index (κ1) is 11.1. The van der Waals surface area contributed by atoms with Gasteiger partial charge in [-0.05, 0) is 24.3 Å². The molecule has 1 unspecified atom stereocenters. The zero-order chi connectivity index (χ0) is 11.5. The predicted molar refractivity (Wildman–Crippen MR) is 65.0 cm³/mol. The van der Waals surface area contributed by atoms with Gasteiger partial charge in [0.05, 0.1) is 0 Å². The zero-order valence-electron chi connectivity index (χ0n) is 9.85. The highest BCUT2D eigenvalue weighted by atomic mass is 15.3. The Morgan fingerprint density at radius 1 is 1.56 bits per heavy atom. The summed E-state index contributed by atoms with van der Waals surface area (Å²) in [5, 5.41) is 0. The molecule has 0 bridgehead atoms. The molecule has 1 aliphatic heterocycles. The average Bonchev–Trinajstić information content (AvgIpc) is 2.78. The number of nitrogens with one attached hydrogen (secondary N) is 1. The first-order chi connectivity index (χ1) is 7.70. The summed E-state index contributed by atoms with van der Waals surface area (Å²) in [7, 11) is 0. The van der Waals surface area contributed by atoms with Crippen LogP contribution in [0.3, 0.4) is 0 Å². The van der Waals surface area contributed by atoms with Crippen molar-refractivity contribution in [2.75, 3.05) is 23.4 Å². The maximum atomic E-state index is 5.30. The standard InChI is InChI=1S/C11H19N5/c1-8(2)9-4-6-16(7-9)10-3-5-13-11(14-10)15-12/h3,5,8-9H,4,6-7,12H2,1-2H3,(H,13,14,15). The number of hydrazine groups is 1. The summed E-state index contributed by atoms with van der Waals surface area (Å²) in [5.74, 6) is 8.24. The van der Waals surface area contributed by atoms with Crippen molar-refractivity contribution in [2.45, 2.75) is 20.3 Å². The molecule has 0 spiro atoms. The van der Waals surface area contributed by atoms with Gasteiger partial charge in [-0.25, -0.2) is 10.8 Å². The van der Waals surface area contributed by atoms with Crippen LogP contribution in [0.4, 0.5) is 11.8 Å². The second-order valence-corrected chi connectivity index (χ2v) is 4.62.